The van der Waals surface area contributed by atoms with Gasteiger partial charge in [-0.15, -0.1) is 0 Å². The van der Waals surface area contributed by atoms with Crippen molar-refractivity contribution in [2.75, 3.05) is 13.1 Å². The molecule has 1 aromatic heterocycles. The van der Waals surface area contributed by atoms with E-state index in [9.17, 15) is 4.79 Å². The Morgan fingerprint density at radius 2 is 2.17 bits per heavy atom. The number of aromatic nitrogens is 2. The lowest BCUT2D eigenvalue weighted by Crippen LogP contribution is -2.33. The number of carbonyl (C=O) groups excluding carboxylic acids is 1. The number of nitrogens with zero attached hydrogens (tertiary/aromatic N) is 3. The molecule has 1 aromatic rings. The topological polar surface area (TPSA) is 72.1 Å². The van der Waals surface area contributed by atoms with Crippen LogP contribution in [0, 0.1) is 18.8 Å². The molecule has 3 rings (SSSR count). The minimum absolute atomic E-state index is 0.0101. The van der Waals surface area contributed by atoms with E-state index in [2.05, 4.69) is 9.97 Å². The molecule has 1 saturated heterocycles. The molecule has 3 atom stereocenters. The van der Waals surface area contributed by atoms with Gasteiger partial charge in [-0.05, 0) is 31.6 Å². The Balaban J connectivity index is 1.73. The van der Waals surface area contributed by atoms with Gasteiger partial charge in [-0.25, -0.2) is 4.98 Å². The number of carbonyl (C=O) groups is 1. The normalized spacial score (nSPS) is 30.6. The molecule has 2 aliphatic rings. The summed E-state index contributed by atoms with van der Waals surface area (Å²) < 4.78 is 0. The highest BCUT2D eigenvalue weighted by Crippen LogP contribution is 2.37. The summed E-state index contributed by atoms with van der Waals surface area (Å²) in [6, 6.07) is 0.261. The van der Waals surface area contributed by atoms with Crippen molar-refractivity contribution in [3.05, 3.63) is 23.8 Å². The summed E-state index contributed by atoms with van der Waals surface area (Å²) >= 11 is 0. The fourth-order valence-corrected chi connectivity index (χ4v) is 3.14. The van der Waals surface area contributed by atoms with Crippen LogP contribution in [0.5, 0.6) is 0 Å². The third-order valence-corrected chi connectivity index (χ3v) is 4.20. The number of amides is 1. The van der Waals surface area contributed by atoms with E-state index < -0.39 is 0 Å². The number of likely N-dealkylation sites (tertiary alicyclic amines) is 1. The Hall–Kier alpha value is -1.49. The lowest BCUT2D eigenvalue weighted by atomic mass is 9.98. The Morgan fingerprint density at radius 3 is 2.83 bits per heavy atom. The molecule has 2 heterocycles. The highest BCUT2D eigenvalue weighted by atomic mass is 16.2. The maximum absolute atomic E-state index is 12.3. The van der Waals surface area contributed by atoms with Crippen LogP contribution in [0.2, 0.25) is 0 Å². The summed E-state index contributed by atoms with van der Waals surface area (Å²) in [5.41, 5.74) is 7.34. The van der Waals surface area contributed by atoms with Gasteiger partial charge in [0, 0.05) is 25.3 Å². The number of aryl methyl sites for hydroxylation is 1. The van der Waals surface area contributed by atoms with E-state index in [1.165, 1.54) is 0 Å². The maximum atomic E-state index is 12.3. The summed E-state index contributed by atoms with van der Waals surface area (Å²) in [4.78, 5) is 22.4. The van der Waals surface area contributed by atoms with Gasteiger partial charge in [-0.3, -0.25) is 9.78 Å². The molecule has 5 heteroatoms. The summed E-state index contributed by atoms with van der Waals surface area (Å²) in [6.45, 7) is 3.47. The summed E-state index contributed by atoms with van der Waals surface area (Å²) in [6.07, 6.45) is 5.44. The van der Waals surface area contributed by atoms with Gasteiger partial charge < -0.3 is 10.6 Å². The fraction of sp³-hybridized carbons (Fsp3) is 0.615. The van der Waals surface area contributed by atoms with Gasteiger partial charge in [0.15, 0.2) is 0 Å². The van der Waals surface area contributed by atoms with E-state index in [0.717, 1.165) is 31.6 Å². The van der Waals surface area contributed by atoms with Crippen LogP contribution in [0.15, 0.2) is 12.4 Å². The predicted octanol–water partition coefficient (Wildman–Crippen LogP) is 0.594. The van der Waals surface area contributed by atoms with Crippen molar-refractivity contribution in [1.82, 2.24) is 14.9 Å². The molecular formula is C13H18N4O. The standard InChI is InChI=1S/C13H18N4O/c1-8-4-16-12(5-15-8)13(18)17-6-9-2-3-11(14)10(9)7-17/h4-5,9-11H,2-3,6-7,14H2,1H3. The quantitative estimate of drug-likeness (QED) is 0.787. The molecule has 2 N–H and O–H groups in total. The van der Waals surface area contributed by atoms with Crippen LogP contribution in [0.4, 0.5) is 0 Å². The zero-order chi connectivity index (χ0) is 12.7. The van der Waals surface area contributed by atoms with Crippen molar-refractivity contribution in [1.29, 1.82) is 0 Å². The first-order valence-corrected chi connectivity index (χ1v) is 6.48. The number of hydrogen-bond acceptors (Lipinski definition) is 4. The Kier molecular flexibility index (Phi) is 2.78. The van der Waals surface area contributed by atoms with Gasteiger partial charge in [-0.1, -0.05) is 0 Å². The molecule has 0 radical (unpaired) electrons. The summed E-state index contributed by atoms with van der Waals surface area (Å²) in [5, 5.41) is 0. The van der Waals surface area contributed by atoms with Crippen LogP contribution in [-0.2, 0) is 0 Å². The SMILES string of the molecule is Cc1cnc(C(=O)N2CC3CCC(N)C3C2)cn1. The first-order chi connectivity index (χ1) is 8.65. The third kappa shape index (κ3) is 1.88. The highest BCUT2D eigenvalue weighted by Gasteiger charge is 2.42. The molecule has 1 amide bonds. The van der Waals surface area contributed by atoms with E-state index in [-0.39, 0.29) is 11.9 Å². The average Bonchev–Trinajstić information content (AvgIpc) is 2.92. The Bertz CT molecular complexity index is 459. The number of rotatable bonds is 1. The third-order valence-electron chi connectivity index (χ3n) is 4.20. The molecule has 0 bridgehead atoms. The van der Waals surface area contributed by atoms with Crippen molar-refractivity contribution in [2.45, 2.75) is 25.8 Å². The maximum Gasteiger partial charge on any atom is 0.274 e. The van der Waals surface area contributed by atoms with E-state index in [1.807, 2.05) is 11.8 Å². The summed E-state index contributed by atoms with van der Waals surface area (Å²) in [7, 11) is 0. The molecule has 3 unspecified atom stereocenters. The largest absolute Gasteiger partial charge is 0.337 e. The number of hydrogen-bond donors (Lipinski definition) is 1. The molecule has 1 saturated carbocycles. The van der Waals surface area contributed by atoms with Crippen molar-refractivity contribution >= 4 is 5.91 Å². The van der Waals surface area contributed by atoms with Crippen LogP contribution in [-0.4, -0.2) is 39.9 Å². The van der Waals surface area contributed by atoms with Crippen molar-refractivity contribution < 1.29 is 4.79 Å². The zero-order valence-corrected chi connectivity index (χ0v) is 10.5. The van der Waals surface area contributed by atoms with E-state index in [4.69, 9.17) is 5.73 Å². The van der Waals surface area contributed by atoms with Crippen LogP contribution in [0.1, 0.15) is 29.0 Å². The lowest BCUT2D eigenvalue weighted by Gasteiger charge is -2.18. The molecule has 5 nitrogen and oxygen atoms in total. The molecule has 0 spiro atoms. The van der Waals surface area contributed by atoms with Gasteiger partial charge in [0.25, 0.3) is 5.91 Å². The minimum Gasteiger partial charge on any atom is -0.337 e. The van der Waals surface area contributed by atoms with Crippen molar-refractivity contribution in [3.63, 3.8) is 0 Å². The molecule has 18 heavy (non-hydrogen) atoms. The van der Waals surface area contributed by atoms with E-state index in [1.54, 1.807) is 12.4 Å². The van der Waals surface area contributed by atoms with Crippen molar-refractivity contribution in [2.24, 2.45) is 17.6 Å². The molecular weight excluding hydrogens is 228 g/mol. The Labute approximate surface area is 106 Å². The highest BCUT2D eigenvalue weighted by molar-refractivity contribution is 5.92. The zero-order valence-electron chi connectivity index (χ0n) is 10.5. The number of nitrogens with two attached hydrogens (primary N) is 1. The minimum atomic E-state index is -0.0101. The second-order valence-electron chi connectivity index (χ2n) is 5.42. The van der Waals surface area contributed by atoms with Crippen LogP contribution < -0.4 is 5.73 Å². The van der Waals surface area contributed by atoms with Gasteiger partial charge in [0.2, 0.25) is 0 Å². The number of fused-ring (bicyclic) bond motifs is 1. The fourth-order valence-electron chi connectivity index (χ4n) is 3.14. The lowest BCUT2D eigenvalue weighted by molar-refractivity contribution is 0.0773. The van der Waals surface area contributed by atoms with Gasteiger partial charge in [0.05, 0.1) is 11.9 Å². The monoisotopic (exact) mass is 246 g/mol. The molecule has 96 valence electrons. The predicted molar refractivity (Wildman–Crippen MR) is 66.9 cm³/mol. The van der Waals surface area contributed by atoms with Gasteiger partial charge >= 0.3 is 0 Å². The summed E-state index contributed by atoms with van der Waals surface area (Å²) in [5.74, 6) is 1.05. The van der Waals surface area contributed by atoms with Crippen LogP contribution in [0.25, 0.3) is 0 Å². The van der Waals surface area contributed by atoms with E-state index >= 15 is 0 Å². The Morgan fingerprint density at radius 1 is 1.33 bits per heavy atom. The van der Waals surface area contributed by atoms with Crippen LogP contribution in [0.3, 0.4) is 0 Å². The molecule has 1 aliphatic carbocycles. The van der Waals surface area contributed by atoms with Gasteiger partial charge in [0.1, 0.15) is 5.69 Å². The first kappa shape index (κ1) is 11.6. The molecule has 1 aliphatic heterocycles. The van der Waals surface area contributed by atoms with Crippen LogP contribution >= 0.6 is 0 Å². The molecule has 2 fully saturated rings. The van der Waals surface area contributed by atoms with E-state index in [0.29, 0.717) is 17.5 Å². The second-order valence-corrected chi connectivity index (χ2v) is 5.42. The van der Waals surface area contributed by atoms with Crippen molar-refractivity contribution in [3.8, 4) is 0 Å². The van der Waals surface area contributed by atoms with Gasteiger partial charge in [-0.2, -0.15) is 0 Å². The smallest absolute Gasteiger partial charge is 0.274 e. The second kappa shape index (κ2) is 4.31. The average molecular weight is 246 g/mol. The first-order valence-electron chi connectivity index (χ1n) is 6.48. The molecule has 0 aromatic carbocycles.